The molecular formula is C26H29N5O10S. The predicted octanol–water partition coefficient (Wildman–Crippen LogP) is 3.64. The van der Waals surface area contributed by atoms with Crippen LogP contribution in [0, 0.1) is 20.2 Å². The van der Waals surface area contributed by atoms with Gasteiger partial charge in [-0.1, -0.05) is 11.8 Å². The summed E-state index contributed by atoms with van der Waals surface area (Å²) in [4.78, 5) is 70.6. The van der Waals surface area contributed by atoms with Crippen LogP contribution in [0.4, 0.5) is 21.0 Å². The zero-order chi connectivity index (χ0) is 30.6. The van der Waals surface area contributed by atoms with Crippen LogP contribution < -0.4 is 10.6 Å². The molecule has 0 spiro atoms. The third kappa shape index (κ3) is 10.0. The number of amides is 3. The Morgan fingerprint density at radius 2 is 1.45 bits per heavy atom. The van der Waals surface area contributed by atoms with E-state index in [4.69, 9.17) is 9.47 Å². The fourth-order valence-corrected chi connectivity index (χ4v) is 5.17. The molecule has 1 saturated heterocycles. The largest absolute Gasteiger partial charge is 0.445 e. The topological polar surface area (TPSA) is 200 Å². The molecule has 0 bridgehead atoms. The quantitative estimate of drug-likeness (QED) is 0.204. The van der Waals surface area contributed by atoms with Crippen LogP contribution in [0.25, 0.3) is 0 Å². The highest BCUT2D eigenvalue weighted by Gasteiger charge is 2.37. The highest BCUT2D eigenvalue weighted by Crippen LogP contribution is 2.31. The molecule has 224 valence electrons. The number of rotatable bonds is 12. The second kappa shape index (κ2) is 15.3. The highest BCUT2D eigenvalue weighted by molar-refractivity contribution is 8.14. The van der Waals surface area contributed by atoms with Gasteiger partial charge in [-0.3, -0.25) is 29.8 Å². The van der Waals surface area contributed by atoms with E-state index >= 15 is 0 Å². The molecule has 2 aromatic rings. The Balaban J connectivity index is 1.42. The van der Waals surface area contributed by atoms with Crippen molar-refractivity contribution in [2.75, 3.05) is 13.2 Å². The van der Waals surface area contributed by atoms with Crippen molar-refractivity contribution in [3.05, 3.63) is 79.9 Å². The van der Waals surface area contributed by atoms with Crippen molar-refractivity contribution in [3.63, 3.8) is 0 Å². The number of likely N-dealkylation sites (tertiary alicyclic amines) is 1. The van der Waals surface area contributed by atoms with Gasteiger partial charge in [-0.25, -0.2) is 9.59 Å². The monoisotopic (exact) mass is 603 g/mol. The van der Waals surface area contributed by atoms with E-state index in [2.05, 4.69) is 10.6 Å². The Hall–Kier alpha value is -4.73. The van der Waals surface area contributed by atoms with E-state index in [1.54, 1.807) is 0 Å². The standard InChI is InChI=1S/C26H29N5O10S/c1-17(32)42-23-12-22(29(13-23)26(35)41-15-19-4-8-21(9-5-19)31(38)39)10-11-24(33)27-16-28-25(34)40-14-18-2-6-20(7-3-18)30(36)37/h2-9,22-23H,10-16H2,1H3,(H,27,33)(H,28,34)/t22-,23-/m0/s1. The van der Waals surface area contributed by atoms with Crippen LogP contribution in [-0.4, -0.2) is 62.5 Å². The first-order valence-electron chi connectivity index (χ1n) is 12.8. The lowest BCUT2D eigenvalue weighted by atomic mass is 10.1. The maximum absolute atomic E-state index is 12.8. The van der Waals surface area contributed by atoms with Gasteiger partial charge in [0.2, 0.25) is 5.91 Å². The summed E-state index contributed by atoms with van der Waals surface area (Å²) >= 11 is 1.12. The zero-order valence-corrected chi connectivity index (χ0v) is 23.4. The summed E-state index contributed by atoms with van der Waals surface area (Å²) in [6.07, 6.45) is -0.610. The smallest absolute Gasteiger partial charge is 0.410 e. The van der Waals surface area contributed by atoms with Crippen LogP contribution >= 0.6 is 11.8 Å². The Morgan fingerprint density at radius 3 is 1.98 bits per heavy atom. The molecule has 1 fully saturated rings. The number of benzene rings is 2. The van der Waals surface area contributed by atoms with Crippen LogP contribution in [0.15, 0.2) is 48.5 Å². The first-order chi connectivity index (χ1) is 20.0. The number of nitrogens with zero attached hydrogens (tertiary/aromatic N) is 3. The van der Waals surface area contributed by atoms with Crippen LogP contribution in [0.3, 0.4) is 0 Å². The van der Waals surface area contributed by atoms with Gasteiger partial charge in [0.05, 0.1) is 16.5 Å². The van der Waals surface area contributed by atoms with Gasteiger partial charge in [-0.05, 0) is 48.2 Å². The molecule has 2 aromatic carbocycles. The summed E-state index contributed by atoms with van der Waals surface area (Å²) in [5.74, 6) is -0.382. The van der Waals surface area contributed by atoms with Gasteiger partial charge in [0.1, 0.15) is 13.2 Å². The fraction of sp³-hybridized carbons (Fsp3) is 0.385. The van der Waals surface area contributed by atoms with Gasteiger partial charge in [0, 0.05) is 55.4 Å². The molecule has 3 amide bonds. The van der Waals surface area contributed by atoms with Crippen LogP contribution in [0.5, 0.6) is 0 Å². The molecule has 0 aromatic heterocycles. The predicted molar refractivity (Wildman–Crippen MR) is 149 cm³/mol. The Morgan fingerprint density at radius 1 is 0.905 bits per heavy atom. The Labute approximate surface area is 244 Å². The second-order valence-corrected chi connectivity index (χ2v) is 10.7. The average Bonchev–Trinajstić information content (AvgIpc) is 3.36. The van der Waals surface area contributed by atoms with Crippen molar-refractivity contribution in [2.45, 2.75) is 50.7 Å². The lowest BCUT2D eigenvalue weighted by Crippen LogP contribution is -2.39. The fourth-order valence-electron chi connectivity index (χ4n) is 4.15. The van der Waals surface area contributed by atoms with Crippen molar-refractivity contribution >= 4 is 46.3 Å². The van der Waals surface area contributed by atoms with Gasteiger partial charge in [0.15, 0.2) is 5.12 Å². The van der Waals surface area contributed by atoms with Crippen LogP contribution in [0.2, 0.25) is 0 Å². The van der Waals surface area contributed by atoms with Crippen molar-refractivity contribution in [1.29, 1.82) is 0 Å². The molecule has 15 nitrogen and oxygen atoms in total. The minimum Gasteiger partial charge on any atom is -0.445 e. The van der Waals surface area contributed by atoms with E-state index in [-0.39, 0.29) is 73.0 Å². The Bertz CT molecular complexity index is 1310. The molecule has 16 heteroatoms. The number of nitro groups is 2. The number of ether oxygens (including phenoxy) is 2. The van der Waals surface area contributed by atoms with E-state index in [1.807, 2.05) is 0 Å². The number of carbonyl (C=O) groups excluding carboxylic acids is 4. The number of thioether (sulfide) groups is 1. The molecular weight excluding hydrogens is 574 g/mol. The van der Waals surface area contributed by atoms with Crippen LogP contribution in [0.1, 0.15) is 37.3 Å². The first-order valence-corrected chi connectivity index (χ1v) is 13.6. The van der Waals surface area contributed by atoms with Crippen molar-refractivity contribution in [3.8, 4) is 0 Å². The maximum atomic E-state index is 12.8. The molecule has 0 saturated carbocycles. The van der Waals surface area contributed by atoms with Crippen molar-refractivity contribution in [2.24, 2.45) is 0 Å². The summed E-state index contributed by atoms with van der Waals surface area (Å²) in [7, 11) is 0. The third-order valence-electron chi connectivity index (χ3n) is 6.19. The van der Waals surface area contributed by atoms with E-state index in [0.717, 1.165) is 11.8 Å². The molecule has 1 aliphatic heterocycles. The van der Waals surface area contributed by atoms with Crippen molar-refractivity contribution < 1.29 is 38.5 Å². The first kappa shape index (κ1) is 31.8. The lowest BCUT2D eigenvalue weighted by molar-refractivity contribution is -0.385. The molecule has 42 heavy (non-hydrogen) atoms. The average molecular weight is 604 g/mol. The number of hydrogen-bond acceptors (Lipinski definition) is 11. The minimum atomic E-state index is -0.796. The third-order valence-corrected chi connectivity index (χ3v) is 7.20. The van der Waals surface area contributed by atoms with Gasteiger partial charge in [-0.15, -0.1) is 0 Å². The maximum Gasteiger partial charge on any atom is 0.410 e. The summed E-state index contributed by atoms with van der Waals surface area (Å²) in [5, 5.41) is 26.2. The molecule has 0 aliphatic carbocycles. The SMILES string of the molecule is CC(=O)S[C@H]1C[C@H](CCC(=O)NCNC(=O)OCc2ccc([N+](=O)[O-])cc2)N(C(=O)OCc2ccc([N+](=O)[O-])cc2)C1. The van der Waals surface area contributed by atoms with Gasteiger partial charge < -0.3 is 25.0 Å². The van der Waals surface area contributed by atoms with Crippen molar-refractivity contribution in [1.82, 2.24) is 15.5 Å². The van der Waals surface area contributed by atoms with E-state index < -0.39 is 22.0 Å². The molecule has 1 aliphatic rings. The number of non-ortho nitro benzene ring substituents is 2. The number of nitrogens with one attached hydrogen (secondary N) is 2. The Kier molecular flexibility index (Phi) is 11.6. The molecule has 2 N–H and O–H groups in total. The number of carbonyl (C=O) groups is 4. The second-order valence-electron chi connectivity index (χ2n) is 9.24. The van der Waals surface area contributed by atoms with E-state index in [1.165, 1.54) is 60.4 Å². The van der Waals surface area contributed by atoms with Gasteiger partial charge in [-0.2, -0.15) is 0 Å². The molecule has 1 heterocycles. The van der Waals surface area contributed by atoms with Gasteiger partial charge >= 0.3 is 12.2 Å². The van der Waals surface area contributed by atoms with Crippen LogP contribution in [-0.2, 0) is 32.3 Å². The zero-order valence-electron chi connectivity index (χ0n) is 22.6. The van der Waals surface area contributed by atoms with Gasteiger partial charge in [0.25, 0.3) is 11.4 Å². The lowest BCUT2D eigenvalue weighted by Gasteiger charge is -2.23. The molecule has 0 radical (unpaired) electrons. The van der Waals surface area contributed by atoms with E-state index in [0.29, 0.717) is 17.5 Å². The molecule has 2 atom stereocenters. The molecule has 3 rings (SSSR count). The summed E-state index contributed by atoms with van der Waals surface area (Å²) in [5.41, 5.74) is 0.950. The summed E-state index contributed by atoms with van der Waals surface area (Å²) in [6, 6.07) is 10.8. The normalized spacial score (nSPS) is 15.9. The number of alkyl carbamates (subject to hydrolysis) is 1. The van der Waals surface area contributed by atoms with E-state index in [9.17, 15) is 39.4 Å². The number of nitro benzene ring substituents is 2. The molecule has 0 unspecified atom stereocenters. The highest BCUT2D eigenvalue weighted by atomic mass is 32.2. The minimum absolute atomic E-state index is 0.0355. The summed E-state index contributed by atoms with van der Waals surface area (Å²) < 4.78 is 10.4. The number of hydrogen-bond donors (Lipinski definition) is 2. The summed E-state index contributed by atoms with van der Waals surface area (Å²) in [6.45, 7) is 1.28.